The Morgan fingerprint density at radius 2 is 1.93 bits per heavy atom. The molecule has 2 bridgehead atoms. The molecule has 1 nitrogen and oxygen atoms in total. The van der Waals surface area contributed by atoms with Crippen LogP contribution in [0, 0.1) is 0 Å². The zero-order chi connectivity index (χ0) is 9.76. The van der Waals surface area contributed by atoms with Crippen LogP contribution in [0.15, 0.2) is 24.3 Å². The van der Waals surface area contributed by atoms with Gasteiger partial charge in [0.2, 0.25) is 0 Å². The first kappa shape index (κ1) is 8.49. The highest BCUT2D eigenvalue weighted by Gasteiger charge is 2.45. The second-order valence-electron chi connectivity index (χ2n) is 5.02. The molecule has 14 heavy (non-hydrogen) atoms. The molecule has 0 aromatic heterocycles. The summed E-state index contributed by atoms with van der Waals surface area (Å²) in [7, 11) is 0. The SMILES string of the molecule is C[C@]1(O)C[C@@H]2CC[C@@H]1c1ccccc12. The van der Waals surface area contributed by atoms with Crippen molar-refractivity contribution in [1.29, 1.82) is 0 Å². The molecule has 4 rings (SSSR count). The Hall–Kier alpha value is -0.820. The normalized spacial score (nSPS) is 39.6. The molecule has 0 saturated heterocycles. The van der Waals surface area contributed by atoms with E-state index >= 15 is 0 Å². The van der Waals surface area contributed by atoms with Gasteiger partial charge in [-0.1, -0.05) is 24.3 Å². The maximum atomic E-state index is 10.3. The van der Waals surface area contributed by atoms with E-state index in [2.05, 4.69) is 24.3 Å². The number of benzene rings is 1. The molecule has 0 radical (unpaired) electrons. The Balaban J connectivity index is 2.18. The maximum Gasteiger partial charge on any atom is 0.0693 e. The molecule has 74 valence electrons. The van der Waals surface area contributed by atoms with Gasteiger partial charge in [-0.05, 0) is 43.2 Å². The number of rotatable bonds is 0. The van der Waals surface area contributed by atoms with Gasteiger partial charge in [-0.25, -0.2) is 0 Å². The lowest BCUT2D eigenvalue weighted by atomic mass is 9.60. The molecule has 1 heteroatoms. The first-order valence-corrected chi connectivity index (χ1v) is 5.50. The van der Waals surface area contributed by atoms with Gasteiger partial charge in [0, 0.05) is 5.92 Å². The lowest BCUT2D eigenvalue weighted by Crippen LogP contribution is -2.43. The predicted octanol–water partition coefficient (Wildman–Crippen LogP) is 2.80. The molecule has 3 atom stereocenters. The van der Waals surface area contributed by atoms with Gasteiger partial charge in [-0.2, -0.15) is 0 Å². The summed E-state index contributed by atoms with van der Waals surface area (Å²) < 4.78 is 0. The van der Waals surface area contributed by atoms with Crippen molar-refractivity contribution in [1.82, 2.24) is 0 Å². The van der Waals surface area contributed by atoms with Gasteiger partial charge in [0.1, 0.15) is 0 Å². The van der Waals surface area contributed by atoms with Crippen LogP contribution >= 0.6 is 0 Å². The molecule has 1 N–H and O–H groups in total. The first-order valence-electron chi connectivity index (χ1n) is 5.50. The van der Waals surface area contributed by atoms with Gasteiger partial charge >= 0.3 is 0 Å². The average Bonchev–Trinajstić information content (AvgIpc) is 2.17. The summed E-state index contributed by atoms with van der Waals surface area (Å²) in [6.07, 6.45) is 3.38. The van der Waals surface area contributed by atoms with Crippen LogP contribution in [0.3, 0.4) is 0 Å². The van der Waals surface area contributed by atoms with Crippen LogP contribution in [-0.4, -0.2) is 10.7 Å². The van der Waals surface area contributed by atoms with E-state index in [9.17, 15) is 5.11 Å². The molecule has 0 spiro atoms. The zero-order valence-electron chi connectivity index (χ0n) is 8.53. The summed E-state index contributed by atoms with van der Waals surface area (Å²) in [5.74, 6) is 0.981. The molecule has 1 fully saturated rings. The minimum absolute atomic E-state index is 0.378. The number of hydrogen-bond acceptors (Lipinski definition) is 1. The lowest BCUT2D eigenvalue weighted by molar-refractivity contribution is -0.0168. The minimum Gasteiger partial charge on any atom is -0.390 e. The molecule has 0 aliphatic heterocycles. The highest BCUT2D eigenvalue weighted by molar-refractivity contribution is 5.40. The van der Waals surface area contributed by atoms with Gasteiger partial charge in [0.05, 0.1) is 5.60 Å². The van der Waals surface area contributed by atoms with Gasteiger partial charge in [-0.15, -0.1) is 0 Å². The highest BCUT2D eigenvalue weighted by atomic mass is 16.3. The lowest BCUT2D eigenvalue weighted by Gasteiger charge is -2.48. The Labute approximate surface area is 84.8 Å². The Kier molecular flexibility index (Phi) is 1.58. The first-order chi connectivity index (χ1) is 6.68. The Morgan fingerprint density at radius 1 is 1.21 bits per heavy atom. The summed E-state index contributed by atoms with van der Waals surface area (Å²) in [5, 5.41) is 10.3. The molecule has 1 aromatic carbocycles. The predicted molar refractivity (Wildman–Crippen MR) is 56.4 cm³/mol. The third-order valence-electron chi connectivity index (χ3n) is 4.03. The average molecular weight is 188 g/mol. The van der Waals surface area contributed by atoms with Crippen LogP contribution in [0.4, 0.5) is 0 Å². The molecule has 1 saturated carbocycles. The summed E-state index contributed by atoms with van der Waals surface area (Å²) >= 11 is 0. The van der Waals surface area contributed by atoms with E-state index in [0.717, 1.165) is 12.8 Å². The molecular weight excluding hydrogens is 172 g/mol. The fourth-order valence-electron chi connectivity index (χ4n) is 3.38. The van der Waals surface area contributed by atoms with Gasteiger partial charge in [0.15, 0.2) is 0 Å². The smallest absolute Gasteiger partial charge is 0.0693 e. The van der Waals surface area contributed by atoms with E-state index in [1.54, 1.807) is 0 Å². The monoisotopic (exact) mass is 188 g/mol. The summed E-state index contributed by atoms with van der Waals surface area (Å²) in [6.45, 7) is 2.00. The van der Waals surface area contributed by atoms with E-state index < -0.39 is 5.60 Å². The Bertz CT molecular complexity index is 367. The molecule has 3 aliphatic carbocycles. The van der Waals surface area contributed by atoms with Crippen molar-refractivity contribution in [3.05, 3.63) is 35.4 Å². The molecular formula is C13H16O. The van der Waals surface area contributed by atoms with Crippen molar-refractivity contribution >= 4 is 0 Å². The second kappa shape index (κ2) is 2.60. The van der Waals surface area contributed by atoms with Gasteiger partial charge in [-0.3, -0.25) is 0 Å². The summed E-state index contributed by atoms with van der Waals surface area (Å²) in [6, 6.07) is 8.64. The topological polar surface area (TPSA) is 20.2 Å². The molecule has 0 heterocycles. The van der Waals surface area contributed by atoms with E-state index in [1.807, 2.05) is 6.92 Å². The number of aliphatic hydroxyl groups is 1. The van der Waals surface area contributed by atoms with Crippen LogP contribution in [0.2, 0.25) is 0 Å². The highest BCUT2D eigenvalue weighted by Crippen LogP contribution is 2.53. The summed E-state index contributed by atoms with van der Waals surface area (Å²) in [5.41, 5.74) is 2.44. The standard InChI is InChI=1S/C13H16O/c1-13(14)8-9-6-7-12(13)11-5-3-2-4-10(9)11/h2-5,9,12,14H,6-8H2,1H3/t9-,12+,13-/m0/s1. The van der Waals surface area contributed by atoms with E-state index in [0.29, 0.717) is 11.8 Å². The summed E-state index contributed by atoms with van der Waals surface area (Å²) in [4.78, 5) is 0. The van der Waals surface area contributed by atoms with Crippen molar-refractivity contribution < 1.29 is 5.11 Å². The zero-order valence-corrected chi connectivity index (χ0v) is 8.53. The van der Waals surface area contributed by atoms with Crippen LogP contribution in [-0.2, 0) is 0 Å². The fourth-order valence-corrected chi connectivity index (χ4v) is 3.38. The molecule has 3 aliphatic rings. The second-order valence-corrected chi connectivity index (χ2v) is 5.02. The molecule has 1 aromatic rings. The third kappa shape index (κ3) is 0.992. The van der Waals surface area contributed by atoms with Crippen molar-refractivity contribution in [3.63, 3.8) is 0 Å². The number of fused-ring (bicyclic) bond motifs is 2. The fraction of sp³-hybridized carbons (Fsp3) is 0.538. The van der Waals surface area contributed by atoms with E-state index in [1.165, 1.54) is 17.5 Å². The van der Waals surface area contributed by atoms with Crippen LogP contribution in [0.25, 0.3) is 0 Å². The quantitative estimate of drug-likeness (QED) is 0.663. The van der Waals surface area contributed by atoms with Crippen molar-refractivity contribution in [2.45, 2.75) is 43.6 Å². The van der Waals surface area contributed by atoms with Crippen molar-refractivity contribution in [2.75, 3.05) is 0 Å². The van der Waals surface area contributed by atoms with Gasteiger partial charge < -0.3 is 5.11 Å². The van der Waals surface area contributed by atoms with Crippen LogP contribution in [0.1, 0.15) is 49.1 Å². The van der Waals surface area contributed by atoms with Crippen LogP contribution < -0.4 is 0 Å². The van der Waals surface area contributed by atoms with Crippen molar-refractivity contribution in [3.8, 4) is 0 Å². The van der Waals surface area contributed by atoms with Gasteiger partial charge in [0.25, 0.3) is 0 Å². The number of hydrogen-bond donors (Lipinski definition) is 1. The largest absolute Gasteiger partial charge is 0.390 e. The van der Waals surface area contributed by atoms with Crippen molar-refractivity contribution in [2.24, 2.45) is 0 Å². The molecule has 0 amide bonds. The third-order valence-corrected chi connectivity index (χ3v) is 4.03. The minimum atomic E-state index is -0.461. The maximum absolute atomic E-state index is 10.3. The van der Waals surface area contributed by atoms with E-state index in [4.69, 9.17) is 0 Å². The van der Waals surface area contributed by atoms with Crippen LogP contribution in [0.5, 0.6) is 0 Å². The molecule has 0 unspecified atom stereocenters. The Morgan fingerprint density at radius 3 is 2.64 bits per heavy atom. The van der Waals surface area contributed by atoms with E-state index in [-0.39, 0.29) is 0 Å².